The molecule has 6 atom stereocenters. The Labute approximate surface area is 193 Å². The van der Waals surface area contributed by atoms with Crippen molar-refractivity contribution in [3.8, 4) is 0 Å². The van der Waals surface area contributed by atoms with Crippen LogP contribution in [0.4, 0.5) is 18.9 Å². The van der Waals surface area contributed by atoms with Crippen LogP contribution in [-0.4, -0.2) is 41.8 Å². The van der Waals surface area contributed by atoms with Crippen LogP contribution < -0.4 is 5.32 Å². The van der Waals surface area contributed by atoms with Crippen molar-refractivity contribution in [1.82, 2.24) is 0 Å². The normalized spacial score (nSPS) is 33.5. The van der Waals surface area contributed by atoms with E-state index in [1.165, 1.54) is 19.1 Å². The zero-order valence-electron chi connectivity index (χ0n) is 17.4. The van der Waals surface area contributed by atoms with Crippen molar-refractivity contribution in [3.05, 3.63) is 52.3 Å². The largest absolute Gasteiger partial charge is 0.382 e. The molecule has 0 saturated heterocycles. The third-order valence-corrected chi connectivity index (χ3v) is 10.4. The molecule has 2 bridgehead atoms. The lowest BCUT2D eigenvalue weighted by molar-refractivity contribution is -0.128. The third kappa shape index (κ3) is 3.81. The summed E-state index contributed by atoms with van der Waals surface area (Å²) in [4.78, 5) is 24.3. The zero-order chi connectivity index (χ0) is 24.3. The van der Waals surface area contributed by atoms with E-state index in [4.69, 9.17) is 11.6 Å². The van der Waals surface area contributed by atoms with Crippen molar-refractivity contribution in [2.45, 2.75) is 42.3 Å². The minimum absolute atomic E-state index is 0.00545. The van der Waals surface area contributed by atoms with Gasteiger partial charge in [0.25, 0.3) is 5.91 Å². The molecule has 2 N–H and O–H groups in total. The summed E-state index contributed by atoms with van der Waals surface area (Å²) in [6.45, 7) is 1.48. The predicted octanol–water partition coefficient (Wildman–Crippen LogP) is 3.25. The number of rotatable bonds is 5. The molecule has 178 valence electrons. The molecule has 3 aliphatic rings. The summed E-state index contributed by atoms with van der Waals surface area (Å²) in [5.41, 5.74) is -2.05. The lowest BCUT2D eigenvalue weighted by Gasteiger charge is -2.32. The third-order valence-electron chi connectivity index (χ3n) is 7.02. The second-order valence-corrected chi connectivity index (χ2v) is 11.6. The van der Waals surface area contributed by atoms with Gasteiger partial charge in [-0.1, -0.05) is 24.6 Å². The van der Waals surface area contributed by atoms with Gasteiger partial charge in [-0.2, -0.15) is 0 Å². The Balaban J connectivity index is 1.61. The highest BCUT2D eigenvalue weighted by Crippen LogP contribution is 2.55. The quantitative estimate of drug-likeness (QED) is 0.474. The average Bonchev–Trinajstić information content (AvgIpc) is 3.28. The van der Waals surface area contributed by atoms with Gasteiger partial charge in [0.2, 0.25) is 0 Å². The number of allylic oxidation sites excluding steroid dienone is 2. The van der Waals surface area contributed by atoms with Gasteiger partial charge in [0.1, 0.15) is 10.9 Å². The topological polar surface area (TPSA) is 101 Å². The van der Waals surface area contributed by atoms with Crippen molar-refractivity contribution >= 4 is 39.3 Å². The number of carbonyl (C=O) groups excluding carboxylic acids is 2. The van der Waals surface area contributed by atoms with Crippen LogP contribution in [0, 0.1) is 35.2 Å². The first-order chi connectivity index (χ1) is 15.4. The summed E-state index contributed by atoms with van der Waals surface area (Å²) >= 11 is 6.28. The van der Waals surface area contributed by atoms with Gasteiger partial charge < -0.3 is 15.2 Å². The second kappa shape index (κ2) is 8.25. The Morgan fingerprint density at radius 3 is 2.42 bits per heavy atom. The molecular formula is C22H21ClF3NO5S. The molecule has 0 aliphatic heterocycles. The molecule has 0 spiro atoms. The first-order valence-corrected chi connectivity index (χ1v) is 12.3. The molecule has 0 heterocycles. The number of carbonyl (C=O) groups is 2. The zero-order valence-corrected chi connectivity index (χ0v) is 19.0. The van der Waals surface area contributed by atoms with Crippen LogP contribution in [0.5, 0.6) is 0 Å². The van der Waals surface area contributed by atoms with Crippen molar-refractivity contribution in [2.75, 3.05) is 5.32 Å². The number of hydrogen-bond acceptors (Lipinski definition) is 5. The number of hydrogen-bond donors (Lipinski definition) is 2. The molecule has 2 fully saturated rings. The fourth-order valence-corrected chi connectivity index (χ4v) is 9.22. The molecule has 33 heavy (non-hydrogen) atoms. The number of halogens is 4. The van der Waals surface area contributed by atoms with Crippen LogP contribution in [0.1, 0.15) is 26.2 Å². The molecule has 4 rings (SSSR count). The molecule has 2 saturated carbocycles. The minimum atomic E-state index is -4.05. The summed E-state index contributed by atoms with van der Waals surface area (Å²) in [6.07, 6.45) is 3.98. The molecule has 1 aromatic rings. The van der Waals surface area contributed by atoms with E-state index in [0.29, 0.717) is 31.3 Å². The fourth-order valence-electron chi connectivity index (χ4n) is 5.55. The van der Waals surface area contributed by atoms with Crippen LogP contribution in [0.2, 0.25) is 0 Å². The van der Waals surface area contributed by atoms with Gasteiger partial charge in [-0.3, -0.25) is 4.79 Å². The molecule has 5 unspecified atom stereocenters. The van der Waals surface area contributed by atoms with Crippen LogP contribution >= 0.6 is 11.6 Å². The van der Waals surface area contributed by atoms with Crippen molar-refractivity contribution in [3.63, 3.8) is 0 Å². The maximum atomic E-state index is 13.7. The van der Waals surface area contributed by atoms with E-state index in [-0.39, 0.29) is 22.7 Å². The monoisotopic (exact) mass is 503 g/mol. The second-order valence-electron chi connectivity index (χ2n) is 8.90. The minimum Gasteiger partial charge on any atom is -0.382 e. The van der Waals surface area contributed by atoms with Gasteiger partial charge in [-0.15, -0.1) is 0 Å². The van der Waals surface area contributed by atoms with Crippen LogP contribution in [-0.2, 0) is 19.4 Å². The van der Waals surface area contributed by atoms with Gasteiger partial charge >= 0.3 is 0 Å². The standard InChI is InChI=1S/C22H21ClF3NO5S/c1-10-13(21(29)27-12-6-16(24)18(26)17(25)7-12)3-5-15(23)19(10)33(31,32)20-11-2-4-14(20)22(30,8-11)9-28/h3,5-7,9-11,14,19-20,30H,2,4,8H2,1H3,(H,27,29)/t10?,11?,14?,19?,20-,22?/m1/s1. The van der Waals surface area contributed by atoms with Gasteiger partial charge in [0.15, 0.2) is 33.6 Å². The molecule has 1 amide bonds. The van der Waals surface area contributed by atoms with E-state index < -0.39 is 67.1 Å². The molecule has 0 radical (unpaired) electrons. The SMILES string of the molecule is CC1C(C(=O)Nc2cc(F)c(F)c(F)c2)=CC=C(Cl)C1S(=O)(=O)[C@@H]1C2CCC1C(O)(C=O)C2. The summed E-state index contributed by atoms with van der Waals surface area (Å²) < 4.78 is 67.5. The predicted molar refractivity (Wildman–Crippen MR) is 114 cm³/mol. The number of sulfone groups is 1. The number of aldehydes is 1. The van der Waals surface area contributed by atoms with E-state index >= 15 is 0 Å². The Hall–Kier alpha value is -2.17. The Bertz CT molecular complexity index is 1180. The summed E-state index contributed by atoms with van der Waals surface area (Å²) in [6, 6.07) is 1.22. The van der Waals surface area contributed by atoms with Crippen molar-refractivity contribution < 1.29 is 36.3 Å². The number of anilines is 1. The number of amides is 1. The number of benzene rings is 1. The van der Waals surface area contributed by atoms with Gasteiger partial charge in [0.05, 0.1) is 5.25 Å². The lowest BCUT2D eigenvalue weighted by atomic mass is 9.86. The average molecular weight is 504 g/mol. The van der Waals surface area contributed by atoms with E-state index in [0.717, 1.165) is 0 Å². The van der Waals surface area contributed by atoms with Crippen LogP contribution in [0.25, 0.3) is 0 Å². The Morgan fingerprint density at radius 1 is 1.21 bits per heavy atom. The molecule has 6 nitrogen and oxygen atoms in total. The molecule has 1 aromatic carbocycles. The van der Waals surface area contributed by atoms with Gasteiger partial charge in [-0.25, -0.2) is 21.6 Å². The summed E-state index contributed by atoms with van der Waals surface area (Å²) in [7, 11) is -4.05. The number of fused-ring (bicyclic) bond motifs is 2. The van der Waals surface area contributed by atoms with Gasteiger partial charge in [-0.05, 0) is 31.3 Å². The maximum Gasteiger partial charge on any atom is 0.251 e. The summed E-state index contributed by atoms with van der Waals surface area (Å²) in [5, 5.41) is 10.5. The number of nitrogens with one attached hydrogen (secondary N) is 1. The maximum absolute atomic E-state index is 13.7. The molecular weight excluding hydrogens is 483 g/mol. The van der Waals surface area contributed by atoms with Crippen molar-refractivity contribution in [2.24, 2.45) is 17.8 Å². The van der Waals surface area contributed by atoms with Crippen LogP contribution in [0.15, 0.2) is 34.9 Å². The van der Waals surface area contributed by atoms with E-state index in [1.54, 1.807) is 0 Å². The van der Waals surface area contributed by atoms with Crippen LogP contribution in [0.3, 0.4) is 0 Å². The Kier molecular flexibility index (Phi) is 5.99. The number of aliphatic hydroxyl groups is 1. The van der Waals surface area contributed by atoms with Crippen molar-refractivity contribution in [1.29, 1.82) is 0 Å². The highest BCUT2D eigenvalue weighted by molar-refractivity contribution is 7.93. The fraction of sp³-hybridized carbons (Fsp3) is 0.455. The summed E-state index contributed by atoms with van der Waals surface area (Å²) in [5.74, 6) is -7.58. The molecule has 11 heteroatoms. The van der Waals surface area contributed by atoms with Gasteiger partial charge in [0, 0.05) is 40.3 Å². The Morgan fingerprint density at radius 2 is 1.85 bits per heavy atom. The van der Waals surface area contributed by atoms with E-state index in [1.807, 2.05) is 0 Å². The van der Waals surface area contributed by atoms with E-state index in [2.05, 4.69) is 5.32 Å². The highest BCUT2D eigenvalue weighted by Gasteiger charge is 2.62. The lowest BCUT2D eigenvalue weighted by Crippen LogP contribution is -2.45. The van der Waals surface area contributed by atoms with E-state index in [9.17, 15) is 36.3 Å². The molecule has 3 aliphatic carbocycles. The first kappa shape index (κ1) is 24.0. The molecule has 0 aromatic heterocycles. The highest BCUT2D eigenvalue weighted by atomic mass is 35.5. The first-order valence-electron chi connectivity index (χ1n) is 10.3. The smallest absolute Gasteiger partial charge is 0.251 e.